The molecule has 0 spiro atoms. The van der Waals surface area contributed by atoms with Crippen molar-refractivity contribution < 1.29 is 4.74 Å². The Balaban J connectivity index is 1.34. The second-order valence-electron chi connectivity index (χ2n) is 7.85. The third-order valence-electron chi connectivity index (χ3n) is 5.65. The number of imidazole rings is 1. The van der Waals surface area contributed by atoms with Gasteiger partial charge in [-0.05, 0) is 49.2 Å². The Morgan fingerprint density at radius 3 is 2.50 bits per heavy atom. The van der Waals surface area contributed by atoms with Gasteiger partial charge in [-0.3, -0.25) is 4.57 Å². The van der Waals surface area contributed by atoms with Gasteiger partial charge in [-0.1, -0.05) is 42.5 Å². The quantitative estimate of drug-likeness (QED) is 0.367. The first kappa shape index (κ1) is 17.2. The van der Waals surface area contributed by atoms with Crippen molar-refractivity contribution in [3.8, 4) is 11.4 Å². The molecule has 30 heavy (non-hydrogen) atoms. The van der Waals surface area contributed by atoms with Gasteiger partial charge in [0.25, 0.3) is 0 Å². The zero-order valence-electron chi connectivity index (χ0n) is 16.5. The molecule has 0 N–H and O–H groups in total. The second-order valence-corrected chi connectivity index (χ2v) is 7.85. The van der Waals surface area contributed by atoms with E-state index >= 15 is 0 Å². The fourth-order valence-electron chi connectivity index (χ4n) is 3.97. The molecule has 3 aromatic carbocycles. The lowest BCUT2D eigenvalue weighted by atomic mass is 10.2. The Bertz CT molecular complexity index is 1350. The predicted octanol–water partition coefficient (Wildman–Crippen LogP) is 6.03. The maximum Gasteiger partial charge on any atom is 0.130 e. The molecular weight excluding hydrogens is 370 g/mol. The molecule has 0 radical (unpaired) electrons. The number of pyridine rings is 1. The minimum Gasteiger partial charge on any atom is -0.487 e. The number of ether oxygens (including phenoxy) is 1. The maximum atomic E-state index is 6.12. The molecule has 0 aliphatic heterocycles. The average molecular weight is 391 g/mol. The number of para-hydroxylation sites is 2. The summed E-state index contributed by atoms with van der Waals surface area (Å²) in [6.45, 7) is 0.436. The minimum atomic E-state index is 0.436. The van der Waals surface area contributed by atoms with Crippen LogP contribution in [0.3, 0.4) is 0 Å². The van der Waals surface area contributed by atoms with Gasteiger partial charge < -0.3 is 4.74 Å². The van der Waals surface area contributed by atoms with Crippen LogP contribution in [0.15, 0.2) is 84.9 Å². The van der Waals surface area contributed by atoms with E-state index in [9.17, 15) is 0 Å². The molecule has 0 unspecified atom stereocenters. The molecular formula is C26H21N3O. The van der Waals surface area contributed by atoms with Crippen molar-refractivity contribution in [1.82, 2.24) is 14.5 Å². The topological polar surface area (TPSA) is 39.9 Å². The molecule has 0 saturated heterocycles. The van der Waals surface area contributed by atoms with Crippen LogP contribution < -0.4 is 4.74 Å². The predicted molar refractivity (Wildman–Crippen MR) is 119 cm³/mol. The van der Waals surface area contributed by atoms with Crippen molar-refractivity contribution in [2.24, 2.45) is 0 Å². The van der Waals surface area contributed by atoms with Crippen molar-refractivity contribution in [3.05, 3.63) is 96.4 Å². The molecule has 2 aromatic heterocycles. The number of rotatable bonds is 5. The first-order valence-electron chi connectivity index (χ1n) is 10.4. The summed E-state index contributed by atoms with van der Waals surface area (Å²) in [6, 6.07) is 28.9. The first-order chi connectivity index (χ1) is 14.8. The maximum absolute atomic E-state index is 6.12. The van der Waals surface area contributed by atoms with Gasteiger partial charge in [-0.25, -0.2) is 9.97 Å². The van der Waals surface area contributed by atoms with Crippen LogP contribution in [-0.4, -0.2) is 14.5 Å². The number of benzene rings is 3. The zero-order chi connectivity index (χ0) is 19.9. The Kier molecular flexibility index (Phi) is 4.01. The molecule has 5 aromatic rings. The SMILES string of the molecule is c1ccc(-n2c(C3CC3)nc3ccc(OCc4ccc5ccccc5n4)cc32)cc1. The van der Waals surface area contributed by atoms with Crippen LogP contribution in [0.5, 0.6) is 5.75 Å². The highest BCUT2D eigenvalue weighted by Gasteiger charge is 2.30. The van der Waals surface area contributed by atoms with Gasteiger partial charge >= 0.3 is 0 Å². The molecule has 1 aliphatic rings. The zero-order valence-corrected chi connectivity index (χ0v) is 16.5. The van der Waals surface area contributed by atoms with Crippen LogP contribution in [0.25, 0.3) is 27.6 Å². The summed E-state index contributed by atoms with van der Waals surface area (Å²) in [7, 11) is 0. The lowest BCUT2D eigenvalue weighted by molar-refractivity contribution is 0.302. The summed E-state index contributed by atoms with van der Waals surface area (Å²) in [4.78, 5) is 9.65. The fraction of sp³-hybridized carbons (Fsp3) is 0.154. The summed E-state index contributed by atoms with van der Waals surface area (Å²) >= 11 is 0. The molecule has 4 heteroatoms. The molecule has 1 saturated carbocycles. The van der Waals surface area contributed by atoms with E-state index in [0.717, 1.165) is 44.9 Å². The number of nitrogens with zero attached hydrogens (tertiary/aromatic N) is 3. The summed E-state index contributed by atoms with van der Waals surface area (Å²) in [5.74, 6) is 2.55. The van der Waals surface area contributed by atoms with Gasteiger partial charge in [-0.2, -0.15) is 0 Å². The van der Waals surface area contributed by atoms with Crippen LogP contribution in [-0.2, 0) is 6.61 Å². The smallest absolute Gasteiger partial charge is 0.130 e. The molecule has 4 nitrogen and oxygen atoms in total. The summed E-state index contributed by atoms with van der Waals surface area (Å²) in [6.07, 6.45) is 2.43. The number of fused-ring (bicyclic) bond motifs is 2. The number of hydrogen-bond donors (Lipinski definition) is 0. The third-order valence-corrected chi connectivity index (χ3v) is 5.65. The van der Waals surface area contributed by atoms with E-state index in [1.54, 1.807) is 0 Å². The van der Waals surface area contributed by atoms with E-state index in [0.29, 0.717) is 12.5 Å². The lowest BCUT2D eigenvalue weighted by Crippen LogP contribution is -2.00. The van der Waals surface area contributed by atoms with Gasteiger partial charge in [0.05, 0.1) is 22.2 Å². The van der Waals surface area contributed by atoms with E-state index in [-0.39, 0.29) is 0 Å². The van der Waals surface area contributed by atoms with Crippen LogP contribution in [0.2, 0.25) is 0 Å². The van der Waals surface area contributed by atoms with Gasteiger partial charge in [0.15, 0.2) is 0 Å². The Morgan fingerprint density at radius 2 is 1.63 bits per heavy atom. The highest BCUT2D eigenvalue weighted by Crippen LogP contribution is 2.42. The van der Waals surface area contributed by atoms with Crippen LogP contribution in [0.4, 0.5) is 0 Å². The van der Waals surface area contributed by atoms with Crippen molar-refractivity contribution in [3.63, 3.8) is 0 Å². The highest BCUT2D eigenvalue weighted by molar-refractivity contribution is 5.80. The van der Waals surface area contributed by atoms with E-state index in [2.05, 4.69) is 53.1 Å². The van der Waals surface area contributed by atoms with Crippen molar-refractivity contribution >= 4 is 21.9 Å². The molecule has 6 rings (SSSR count). The Hall–Kier alpha value is -3.66. The fourth-order valence-corrected chi connectivity index (χ4v) is 3.97. The Labute approximate surface area is 174 Å². The summed E-state index contributed by atoms with van der Waals surface area (Å²) in [5.41, 5.74) is 5.16. The number of aromatic nitrogens is 3. The summed E-state index contributed by atoms with van der Waals surface area (Å²) in [5, 5.41) is 1.14. The standard InChI is InChI=1S/C26H21N3O/c1-2-7-21(8-3-1)29-25-16-22(14-15-24(25)28-26(29)19-10-11-19)30-17-20-13-12-18-6-4-5-9-23(18)27-20/h1-9,12-16,19H,10-11,17H2. The third kappa shape index (κ3) is 3.11. The van der Waals surface area contributed by atoms with Crippen LogP contribution in [0, 0.1) is 0 Å². The van der Waals surface area contributed by atoms with E-state index in [4.69, 9.17) is 14.7 Å². The van der Waals surface area contributed by atoms with Gasteiger partial charge in [0.1, 0.15) is 18.2 Å². The van der Waals surface area contributed by atoms with E-state index in [1.807, 2.05) is 36.4 Å². The van der Waals surface area contributed by atoms with Crippen molar-refractivity contribution in [2.45, 2.75) is 25.4 Å². The van der Waals surface area contributed by atoms with Gasteiger partial charge in [0, 0.05) is 23.1 Å². The molecule has 0 amide bonds. The second kappa shape index (κ2) is 6.99. The average Bonchev–Trinajstić information content (AvgIpc) is 3.58. The lowest BCUT2D eigenvalue weighted by Gasteiger charge is -2.10. The van der Waals surface area contributed by atoms with Crippen molar-refractivity contribution in [2.75, 3.05) is 0 Å². The van der Waals surface area contributed by atoms with Crippen molar-refractivity contribution in [1.29, 1.82) is 0 Å². The highest BCUT2D eigenvalue weighted by atomic mass is 16.5. The van der Waals surface area contributed by atoms with Gasteiger partial charge in [0.2, 0.25) is 0 Å². The molecule has 1 aliphatic carbocycles. The largest absolute Gasteiger partial charge is 0.487 e. The molecule has 1 fully saturated rings. The first-order valence-corrected chi connectivity index (χ1v) is 10.4. The van der Waals surface area contributed by atoms with Gasteiger partial charge in [-0.15, -0.1) is 0 Å². The molecule has 0 atom stereocenters. The summed E-state index contributed by atoms with van der Waals surface area (Å²) < 4.78 is 8.41. The van der Waals surface area contributed by atoms with Crippen LogP contribution in [0.1, 0.15) is 30.3 Å². The molecule has 2 heterocycles. The normalized spacial score (nSPS) is 13.7. The van der Waals surface area contributed by atoms with Crippen LogP contribution >= 0.6 is 0 Å². The van der Waals surface area contributed by atoms with E-state index < -0.39 is 0 Å². The molecule has 146 valence electrons. The monoisotopic (exact) mass is 391 g/mol. The molecule has 0 bridgehead atoms. The Morgan fingerprint density at radius 1 is 0.800 bits per heavy atom. The minimum absolute atomic E-state index is 0.436. The number of hydrogen-bond acceptors (Lipinski definition) is 3. The van der Waals surface area contributed by atoms with E-state index in [1.165, 1.54) is 12.8 Å².